The Bertz CT molecular complexity index is 254. The molecule has 0 radical (unpaired) electrons. The van der Waals surface area contributed by atoms with Crippen molar-refractivity contribution in [1.82, 2.24) is 0 Å². The first-order valence-corrected chi connectivity index (χ1v) is 6.56. The molecule has 0 aromatic heterocycles. The molecule has 2 bridgehead atoms. The lowest BCUT2D eigenvalue weighted by molar-refractivity contribution is -0.137. The molecule has 0 spiro atoms. The van der Waals surface area contributed by atoms with Gasteiger partial charge in [-0.2, -0.15) is 0 Å². The summed E-state index contributed by atoms with van der Waals surface area (Å²) in [5, 5.41) is 10.7. The quantitative estimate of drug-likeness (QED) is 0.749. The largest absolute Gasteiger partial charge is 0.387 e. The molecule has 4 unspecified atom stereocenters. The molecule has 0 amide bonds. The molecule has 2 aliphatic rings. The standard InChI is InChI=1S/C13H25NO2/c1-3-16-9-12(2,15)13(8-14)7-10-4-5-11(13)6-10/h10-11,15H,3-9,14H2,1-2H3. The Morgan fingerprint density at radius 3 is 2.69 bits per heavy atom. The molecule has 0 heterocycles. The van der Waals surface area contributed by atoms with E-state index in [0.717, 1.165) is 12.3 Å². The van der Waals surface area contributed by atoms with Crippen LogP contribution in [-0.4, -0.2) is 30.5 Å². The van der Waals surface area contributed by atoms with Gasteiger partial charge in [0.15, 0.2) is 0 Å². The summed E-state index contributed by atoms with van der Waals surface area (Å²) in [6.07, 6.45) is 4.93. The van der Waals surface area contributed by atoms with Gasteiger partial charge < -0.3 is 15.6 Å². The van der Waals surface area contributed by atoms with Gasteiger partial charge in [0.2, 0.25) is 0 Å². The lowest BCUT2D eigenvalue weighted by Crippen LogP contribution is -2.56. The fourth-order valence-corrected chi connectivity index (χ4v) is 4.02. The smallest absolute Gasteiger partial charge is 0.0922 e. The van der Waals surface area contributed by atoms with E-state index in [1.165, 1.54) is 19.3 Å². The normalized spacial score (nSPS) is 41.2. The van der Waals surface area contributed by atoms with Gasteiger partial charge in [-0.15, -0.1) is 0 Å². The highest BCUT2D eigenvalue weighted by Crippen LogP contribution is 2.59. The Balaban J connectivity index is 2.14. The average Bonchev–Trinajstić information content (AvgIpc) is 2.86. The summed E-state index contributed by atoms with van der Waals surface area (Å²) in [6, 6.07) is 0. The zero-order valence-electron chi connectivity index (χ0n) is 10.5. The van der Waals surface area contributed by atoms with Gasteiger partial charge in [-0.25, -0.2) is 0 Å². The van der Waals surface area contributed by atoms with Crippen LogP contribution in [0.1, 0.15) is 39.5 Å². The number of fused-ring (bicyclic) bond motifs is 2. The third-order valence-electron chi connectivity index (χ3n) is 5.00. The van der Waals surface area contributed by atoms with Crippen LogP contribution in [0.4, 0.5) is 0 Å². The van der Waals surface area contributed by atoms with Crippen LogP contribution in [0.25, 0.3) is 0 Å². The lowest BCUT2D eigenvalue weighted by atomic mass is 9.63. The van der Waals surface area contributed by atoms with E-state index in [1.807, 2.05) is 13.8 Å². The van der Waals surface area contributed by atoms with Crippen molar-refractivity contribution in [2.75, 3.05) is 19.8 Å². The van der Waals surface area contributed by atoms with Gasteiger partial charge in [-0.1, -0.05) is 6.42 Å². The second-order valence-electron chi connectivity index (χ2n) is 5.85. The van der Waals surface area contributed by atoms with E-state index >= 15 is 0 Å². The second kappa shape index (κ2) is 4.28. The first kappa shape index (κ1) is 12.3. The molecule has 4 atom stereocenters. The fourth-order valence-electron chi connectivity index (χ4n) is 4.02. The predicted octanol–water partition coefficient (Wildman–Crippen LogP) is 1.54. The number of nitrogens with two attached hydrogens (primary N) is 1. The van der Waals surface area contributed by atoms with Crippen molar-refractivity contribution in [1.29, 1.82) is 0 Å². The average molecular weight is 227 g/mol. The number of hydrogen-bond acceptors (Lipinski definition) is 3. The SMILES string of the molecule is CCOCC(C)(O)C1(CN)CC2CCC1C2. The van der Waals surface area contributed by atoms with E-state index in [4.69, 9.17) is 10.5 Å². The van der Waals surface area contributed by atoms with Crippen LogP contribution in [0, 0.1) is 17.3 Å². The van der Waals surface area contributed by atoms with Crippen LogP contribution >= 0.6 is 0 Å². The predicted molar refractivity (Wildman–Crippen MR) is 64.1 cm³/mol. The van der Waals surface area contributed by atoms with Gasteiger partial charge in [0.1, 0.15) is 0 Å². The van der Waals surface area contributed by atoms with E-state index in [1.54, 1.807) is 0 Å². The summed E-state index contributed by atoms with van der Waals surface area (Å²) in [7, 11) is 0. The third kappa shape index (κ3) is 1.69. The van der Waals surface area contributed by atoms with Crippen LogP contribution in [0.2, 0.25) is 0 Å². The summed E-state index contributed by atoms with van der Waals surface area (Å²) in [4.78, 5) is 0. The first-order valence-electron chi connectivity index (χ1n) is 6.56. The van der Waals surface area contributed by atoms with E-state index in [9.17, 15) is 5.11 Å². The molecule has 94 valence electrons. The van der Waals surface area contributed by atoms with Crippen molar-refractivity contribution >= 4 is 0 Å². The minimum absolute atomic E-state index is 0.0922. The van der Waals surface area contributed by atoms with Gasteiger partial charge in [0.25, 0.3) is 0 Å². The van der Waals surface area contributed by atoms with Crippen molar-refractivity contribution in [3.05, 3.63) is 0 Å². The maximum atomic E-state index is 10.7. The van der Waals surface area contributed by atoms with Gasteiger partial charge >= 0.3 is 0 Å². The zero-order chi connectivity index (χ0) is 11.8. The van der Waals surface area contributed by atoms with Crippen molar-refractivity contribution in [3.63, 3.8) is 0 Å². The van der Waals surface area contributed by atoms with Gasteiger partial charge in [-0.05, 0) is 44.9 Å². The molecule has 2 rings (SSSR count). The summed E-state index contributed by atoms with van der Waals surface area (Å²) >= 11 is 0. The topological polar surface area (TPSA) is 55.5 Å². The molecular formula is C13H25NO2. The molecule has 16 heavy (non-hydrogen) atoms. The summed E-state index contributed by atoms with van der Waals surface area (Å²) < 4.78 is 5.44. The van der Waals surface area contributed by atoms with Crippen molar-refractivity contribution in [2.24, 2.45) is 23.0 Å². The molecule has 0 aromatic carbocycles. The molecule has 0 aliphatic heterocycles. The molecule has 2 saturated carbocycles. The zero-order valence-corrected chi connectivity index (χ0v) is 10.5. The van der Waals surface area contributed by atoms with Gasteiger partial charge in [0, 0.05) is 18.6 Å². The molecule has 0 aromatic rings. The first-order chi connectivity index (χ1) is 7.55. The highest BCUT2D eigenvalue weighted by molar-refractivity contribution is 5.09. The maximum absolute atomic E-state index is 10.7. The van der Waals surface area contributed by atoms with Gasteiger partial charge in [0.05, 0.1) is 12.2 Å². The van der Waals surface area contributed by atoms with Crippen LogP contribution < -0.4 is 5.73 Å². The minimum Gasteiger partial charge on any atom is -0.387 e. The minimum atomic E-state index is -0.766. The maximum Gasteiger partial charge on any atom is 0.0922 e. The molecule has 2 fully saturated rings. The highest BCUT2D eigenvalue weighted by atomic mass is 16.5. The number of hydrogen-bond donors (Lipinski definition) is 2. The Morgan fingerprint density at radius 2 is 2.25 bits per heavy atom. The van der Waals surface area contributed by atoms with Crippen molar-refractivity contribution in [2.45, 2.75) is 45.1 Å². The van der Waals surface area contributed by atoms with Crippen molar-refractivity contribution < 1.29 is 9.84 Å². The second-order valence-corrected chi connectivity index (χ2v) is 5.85. The van der Waals surface area contributed by atoms with Crippen LogP contribution in [-0.2, 0) is 4.74 Å². The summed E-state index contributed by atoms with van der Waals surface area (Å²) in [6.45, 7) is 5.55. The Hall–Kier alpha value is -0.120. The fraction of sp³-hybridized carbons (Fsp3) is 1.00. The van der Waals surface area contributed by atoms with E-state index in [2.05, 4.69) is 0 Å². The van der Waals surface area contributed by atoms with Crippen molar-refractivity contribution in [3.8, 4) is 0 Å². The number of ether oxygens (including phenoxy) is 1. The van der Waals surface area contributed by atoms with E-state index in [-0.39, 0.29) is 5.41 Å². The summed E-state index contributed by atoms with van der Waals surface area (Å²) in [5.74, 6) is 1.40. The molecule has 0 saturated heterocycles. The number of rotatable bonds is 5. The monoisotopic (exact) mass is 227 g/mol. The van der Waals surface area contributed by atoms with E-state index in [0.29, 0.717) is 25.7 Å². The van der Waals surface area contributed by atoms with Crippen LogP contribution in [0.15, 0.2) is 0 Å². The lowest BCUT2D eigenvalue weighted by Gasteiger charge is -2.47. The Labute approximate surface area is 98.4 Å². The molecule has 3 N–H and O–H groups in total. The van der Waals surface area contributed by atoms with Gasteiger partial charge in [-0.3, -0.25) is 0 Å². The third-order valence-corrected chi connectivity index (χ3v) is 5.00. The Morgan fingerprint density at radius 1 is 1.50 bits per heavy atom. The Kier molecular flexibility index (Phi) is 3.30. The van der Waals surface area contributed by atoms with Crippen LogP contribution in [0.5, 0.6) is 0 Å². The highest BCUT2D eigenvalue weighted by Gasteiger charge is 2.58. The molecular weight excluding hydrogens is 202 g/mol. The summed E-state index contributed by atoms with van der Waals surface area (Å²) in [5.41, 5.74) is 5.14. The van der Waals surface area contributed by atoms with Crippen LogP contribution in [0.3, 0.4) is 0 Å². The molecule has 3 nitrogen and oxygen atoms in total. The number of aliphatic hydroxyl groups is 1. The molecule has 3 heteroatoms. The molecule has 2 aliphatic carbocycles. The van der Waals surface area contributed by atoms with E-state index < -0.39 is 5.60 Å².